The molecule has 0 aromatic rings. The molecule has 0 aliphatic heterocycles. The van der Waals surface area contributed by atoms with Gasteiger partial charge in [0.1, 0.15) is 0 Å². The zero-order valence-electron chi connectivity index (χ0n) is 10.1. The Morgan fingerprint density at radius 3 is 2.81 bits per heavy atom. The van der Waals surface area contributed by atoms with Crippen molar-refractivity contribution in [2.45, 2.75) is 25.4 Å². The van der Waals surface area contributed by atoms with E-state index < -0.39 is 6.10 Å². The highest BCUT2D eigenvalue weighted by molar-refractivity contribution is 5.74. The van der Waals surface area contributed by atoms with Crippen molar-refractivity contribution in [3.05, 3.63) is 0 Å². The molecule has 0 aromatic heterocycles. The van der Waals surface area contributed by atoms with Crippen LogP contribution in [0, 0.1) is 0 Å². The molecule has 0 aliphatic rings. The van der Waals surface area contributed by atoms with Gasteiger partial charge in [0.15, 0.2) is 0 Å². The van der Waals surface area contributed by atoms with Crippen molar-refractivity contribution in [3.8, 4) is 0 Å². The number of rotatable bonds is 9. The molecule has 0 saturated heterocycles. The number of hydrazine groups is 1. The second-order valence-electron chi connectivity index (χ2n) is 3.90. The van der Waals surface area contributed by atoms with Gasteiger partial charge in [-0.25, -0.2) is 5.84 Å². The van der Waals surface area contributed by atoms with Crippen LogP contribution in [0.2, 0.25) is 0 Å². The molecule has 96 valence electrons. The van der Waals surface area contributed by atoms with Gasteiger partial charge in [0, 0.05) is 20.1 Å². The Morgan fingerprint density at radius 1 is 1.56 bits per heavy atom. The average Bonchev–Trinajstić information content (AvgIpc) is 2.24. The first-order valence-electron chi connectivity index (χ1n) is 5.45. The summed E-state index contributed by atoms with van der Waals surface area (Å²) >= 11 is 0. The molecule has 0 heterocycles. The number of carbonyl (C=O) groups excluding carboxylic acids is 1. The normalized spacial score (nSPS) is 12.8. The summed E-state index contributed by atoms with van der Waals surface area (Å²) in [5.41, 5.74) is 2.09. The number of carbonyl (C=O) groups is 1. The van der Waals surface area contributed by atoms with Crippen LogP contribution < -0.4 is 11.3 Å². The predicted octanol–water partition coefficient (Wildman–Crippen LogP) is -0.914. The predicted molar refractivity (Wildman–Crippen MR) is 61.6 cm³/mol. The summed E-state index contributed by atoms with van der Waals surface area (Å²) in [5, 5.41) is 9.46. The maximum absolute atomic E-state index is 10.8. The summed E-state index contributed by atoms with van der Waals surface area (Å²) in [7, 11) is 3.50. The summed E-state index contributed by atoms with van der Waals surface area (Å²) in [6.07, 6.45) is 1.70. The van der Waals surface area contributed by atoms with Crippen LogP contribution in [0.3, 0.4) is 0 Å². The lowest BCUT2D eigenvalue weighted by Crippen LogP contribution is -2.33. The minimum atomic E-state index is -0.456. The highest BCUT2D eigenvalue weighted by Gasteiger charge is 2.07. The number of hydrogen-bond acceptors (Lipinski definition) is 5. The molecule has 0 saturated carbocycles. The minimum absolute atomic E-state index is 0.137. The molecular formula is C10H23N3O3. The Bertz CT molecular complexity index is 190. The van der Waals surface area contributed by atoms with Crippen LogP contribution >= 0.6 is 0 Å². The number of amides is 1. The first-order valence-corrected chi connectivity index (χ1v) is 5.45. The molecule has 0 fully saturated rings. The van der Waals surface area contributed by atoms with Crippen LogP contribution in [0.25, 0.3) is 0 Å². The Labute approximate surface area is 96.7 Å². The summed E-state index contributed by atoms with van der Waals surface area (Å²) in [5.74, 6) is 4.82. The highest BCUT2D eigenvalue weighted by atomic mass is 16.5. The number of aliphatic hydroxyl groups excluding tert-OH is 1. The molecule has 0 aliphatic carbocycles. The van der Waals surface area contributed by atoms with Crippen molar-refractivity contribution in [2.75, 3.05) is 33.9 Å². The van der Waals surface area contributed by atoms with Gasteiger partial charge in [-0.1, -0.05) is 0 Å². The van der Waals surface area contributed by atoms with Crippen LogP contribution in [0.1, 0.15) is 19.3 Å². The van der Waals surface area contributed by atoms with Gasteiger partial charge in [0.25, 0.3) is 0 Å². The summed E-state index contributed by atoms with van der Waals surface area (Å²) < 4.78 is 4.83. The lowest BCUT2D eigenvalue weighted by Gasteiger charge is -2.19. The zero-order valence-corrected chi connectivity index (χ0v) is 10.1. The molecular weight excluding hydrogens is 210 g/mol. The molecule has 4 N–H and O–H groups in total. The second kappa shape index (κ2) is 9.53. The summed E-state index contributed by atoms with van der Waals surface area (Å²) in [4.78, 5) is 12.8. The van der Waals surface area contributed by atoms with Gasteiger partial charge in [-0.2, -0.15) is 0 Å². The monoisotopic (exact) mass is 233 g/mol. The quantitative estimate of drug-likeness (QED) is 0.208. The molecule has 0 radical (unpaired) electrons. The van der Waals surface area contributed by atoms with Crippen LogP contribution in [0.15, 0.2) is 0 Å². The van der Waals surface area contributed by atoms with E-state index in [4.69, 9.17) is 10.6 Å². The molecule has 1 unspecified atom stereocenters. The van der Waals surface area contributed by atoms with Gasteiger partial charge in [-0.05, 0) is 26.4 Å². The van der Waals surface area contributed by atoms with Crippen molar-refractivity contribution in [1.29, 1.82) is 0 Å². The smallest absolute Gasteiger partial charge is 0.233 e. The van der Waals surface area contributed by atoms with Gasteiger partial charge in [0.2, 0.25) is 5.91 Å². The van der Waals surface area contributed by atoms with E-state index in [9.17, 15) is 9.90 Å². The number of nitrogens with one attached hydrogen (secondary N) is 1. The van der Waals surface area contributed by atoms with Crippen LogP contribution in [0.5, 0.6) is 0 Å². The summed E-state index contributed by atoms with van der Waals surface area (Å²) in [6, 6.07) is 0. The van der Waals surface area contributed by atoms with Gasteiger partial charge < -0.3 is 14.7 Å². The number of methoxy groups -OCH3 is 1. The molecule has 0 spiro atoms. The van der Waals surface area contributed by atoms with Crippen LogP contribution in [0.4, 0.5) is 0 Å². The lowest BCUT2D eigenvalue weighted by atomic mass is 10.2. The second-order valence-corrected chi connectivity index (χ2v) is 3.90. The maximum atomic E-state index is 10.8. The lowest BCUT2D eigenvalue weighted by molar-refractivity contribution is -0.121. The van der Waals surface area contributed by atoms with Crippen molar-refractivity contribution < 1.29 is 14.6 Å². The van der Waals surface area contributed by atoms with E-state index in [0.717, 1.165) is 19.4 Å². The third-order valence-corrected chi connectivity index (χ3v) is 2.24. The first kappa shape index (κ1) is 15.3. The fourth-order valence-electron chi connectivity index (χ4n) is 1.44. The summed E-state index contributed by atoms with van der Waals surface area (Å²) in [6.45, 7) is 1.77. The molecule has 16 heavy (non-hydrogen) atoms. The molecule has 6 heteroatoms. The molecule has 6 nitrogen and oxygen atoms in total. The number of nitrogens with two attached hydrogens (primary N) is 1. The molecule has 1 amide bonds. The van der Waals surface area contributed by atoms with Gasteiger partial charge in [-0.15, -0.1) is 0 Å². The van der Waals surface area contributed by atoms with E-state index >= 15 is 0 Å². The molecule has 0 bridgehead atoms. The number of likely N-dealkylation sites (N-methyl/N-ethyl adjacent to an activating group) is 1. The topological polar surface area (TPSA) is 87.8 Å². The van der Waals surface area contributed by atoms with Crippen molar-refractivity contribution in [1.82, 2.24) is 10.3 Å². The van der Waals surface area contributed by atoms with Crippen LogP contribution in [-0.4, -0.2) is 55.9 Å². The number of aliphatic hydroxyl groups is 1. The van der Waals surface area contributed by atoms with E-state index in [1.165, 1.54) is 0 Å². The van der Waals surface area contributed by atoms with Crippen molar-refractivity contribution in [3.63, 3.8) is 0 Å². The van der Waals surface area contributed by atoms with E-state index in [1.54, 1.807) is 7.11 Å². The van der Waals surface area contributed by atoms with Crippen LogP contribution in [-0.2, 0) is 9.53 Å². The highest BCUT2D eigenvalue weighted by Crippen LogP contribution is 1.98. The van der Waals surface area contributed by atoms with Gasteiger partial charge in [0.05, 0.1) is 12.7 Å². The standard InChI is InChI=1S/C10H23N3O3/c1-13(7-9(14)8-16-2)6-4-3-5-10(15)12-11/h9,14H,3-8,11H2,1-2H3,(H,12,15). The fraction of sp³-hybridized carbons (Fsp3) is 0.900. The van der Waals surface area contributed by atoms with Crippen molar-refractivity contribution >= 4 is 5.91 Å². The SMILES string of the molecule is COCC(O)CN(C)CCCCC(=O)NN. The maximum Gasteiger partial charge on any atom is 0.233 e. The van der Waals surface area contributed by atoms with Gasteiger partial charge in [-0.3, -0.25) is 10.2 Å². The Morgan fingerprint density at radius 2 is 2.25 bits per heavy atom. The van der Waals surface area contributed by atoms with E-state index in [1.807, 2.05) is 11.9 Å². The third-order valence-electron chi connectivity index (χ3n) is 2.24. The average molecular weight is 233 g/mol. The first-order chi connectivity index (χ1) is 7.60. The number of unbranched alkanes of at least 4 members (excludes halogenated alkanes) is 1. The fourth-order valence-corrected chi connectivity index (χ4v) is 1.44. The van der Waals surface area contributed by atoms with Crippen molar-refractivity contribution in [2.24, 2.45) is 5.84 Å². The Balaban J connectivity index is 3.43. The number of hydrogen-bond donors (Lipinski definition) is 3. The molecule has 0 rings (SSSR count). The minimum Gasteiger partial charge on any atom is -0.389 e. The number of ether oxygens (including phenoxy) is 1. The largest absolute Gasteiger partial charge is 0.389 e. The van der Waals surface area contributed by atoms with E-state index in [0.29, 0.717) is 19.6 Å². The zero-order chi connectivity index (χ0) is 12.4. The Kier molecular flexibility index (Phi) is 9.12. The molecule has 0 aromatic carbocycles. The van der Waals surface area contributed by atoms with E-state index in [2.05, 4.69) is 5.43 Å². The van der Waals surface area contributed by atoms with E-state index in [-0.39, 0.29) is 5.91 Å². The number of nitrogens with zero attached hydrogens (tertiary/aromatic N) is 1. The molecule has 1 atom stereocenters. The third kappa shape index (κ3) is 8.60. The van der Waals surface area contributed by atoms with Gasteiger partial charge >= 0.3 is 0 Å². The Hall–Kier alpha value is -0.690.